The molecule has 1 aliphatic carbocycles. The Morgan fingerprint density at radius 3 is 2.45 bits per heavy atom. The Labute approximate surface area is 131 Å². The van der Waals surface area contributed by atoms with E-state index in [9.17, 15) is 4.79 Å². The highest BCUT2D eigenvalue weighted by Crippen LogP contribution is 2.36. The SMILES string of the molecule is CC(C)(OOc1ccccc1OCC(=O)O)C1CCCCC1. The summed E-state index contributed by atoms with van der Waals surface area (Å²) in [5.74, 6) is 0.198. The number of carboxylic acids is 1. The predicted octanol–water partition coefficient (Wildman–Crippen LogP) is 3.82. The molecule has 1 fully saturated rings. The summed E-state index contributed by atoms with van der Waals surface area (Å²) in [6, 6.07) is 6.92. The van der Waals surface area contributed by atoms with Crippen LogP contribution in [0.3, 0.4) is 0 Å². The van der Waals surface area contributed by atoms with Gasteiger partial charge in [0, 0.05) is 0 Å². The van der Waals surface area contributed by atoms with E-state index in [0.29, 0.717) is 17.4 Å². The van der Waals surface area contributed by atoms with Crippen LogP contribution < -0.4 is 9.62 Å². The number of rotatable bonds is 7. The summed E-state index contributed by atoms with van der Waals surface area (Å²) in [5.41, 5.74) is -0.389. The fourth-order valence-corrected chi connectivity index (χ4v) is 2.80. The van der Waals surface area contributed by atoms with Crippen molar-refractivity contribution in [2.45, 2.75) is 51.6 Å². The molecule has 1 aromatic rings. The maximum Gasteiger partial charge on any atom is 0.341 e. The Morgan fingerprint density at radius 2 is 1.82 bits per heavy atom. The molecule has 122 valence electrons. The number of hydrogen-bond donors (Lipinski definition) is 1. The van der Waals surface area contributed by atoms with Gasteiger partial charge in [-0.3, -0.25) is 0 Å². The molecule has 0 heterocycles. The topological polar surface area (TPSA) is 65.0 Å². The first kappa shape index (κ1) is 16.6. The van der Waals surface area contributed by atoms with Gasteiger partial charge in [0.1, 0.15) is 5.60 Å². The molecule has 22 heavy (non-hydrogen) atoms. The van der Waals surface area contributed by atoms with Gasteiger partial charge in [-0.2, -0.15) is 4.89 Å². The lowest BCUT2D eigenvalue weighted by Crippen LogP contribution is -2.37. The minimum absolute atomic E-state index is 0.365. The minimum Gasteiger partial charge on any atom is -0.479 e. The molecule has 0 unspecified atom stereocenters. The van der Waals surface area contributed by atoms with Crippen molar-refractivity contribution in [1.29, 1.82) is 0 Å². The third-order valence-electron chi connectivity index (χ3n) is 4.13. The lowest BCUT2D eigenvalue weighted by molar-refractivity contribution is -0.299. The summed E-state index contributed by atoms with van der Waals surface area (Å²) in [5, 5.41) is 8.70. The third kappa shape index (κ3) is 4.63. The molecule has 1 N–H and O–H groups in total. The quantitative estimate of drug-likeness (QED) is 0.613. The first-order valence-electron chi connectivity index (χ1n) is 7.78. The second-order valence-electron chi connectivity index (χ2n) is 6.23. The van der Waals surface area contributed by atoms with Crippen molar-refractivity contribution in [2.75, 3.05) is 6.61 Å². The molecule has 0 spiro atoms. The molecule has 0 atom stereocenters. The van der Waals surface area contributed by atoms with Crippen LogP contribution in [0.4, 0.5) is 0 Å². The Bertz CT molecular complexity index is 492. The van der Waals surface area contributed by atoms with Gasteiger partial charge in [-0.15, -0.1) is 0 Å². The zero-order chi connectivity index (χ0) is 16.0. The van der Waals surface area contributed by atoms with Crippen molar-refractivity contribution in [3.63, 3.8) is 0 Å². The number of hydrogen-bond acceptors (Lipinski definition) is 4. The van der Waals surface area contributed by atoms with Gasteiger partial charge in [0.2, 0.25) is 5.75 Å². The molecule has 0 aromatic heterocycles. The van der Waals surface area contributed by atoms with Crippen LogP contribution in [0.2, 0.25) is 0 Å². The van der Waals surface area contributed by atoms with Crippen molar-refractivity contribution in [3.05, 3.63) is 24.3 Å². The summed E-state index contributed by atoms with van der Waals surface area (Å²) in [7, 11) is 0. The molecule has 0 saturated heterocycles. The van der Waals surface area contributed by atoms with Crippen molar-refractivity contribution in [1.82, 2.24) is 0 Å². The number of benzene rings is 1. The number of para-hydroxylation sites is 2. The molecule has 5 nitrogen and oxygen atoms in total. The van der Waals surface area contributed by atoms with E-state index in [0.717, 1.165) is 12.8 Å². The van der Waals surface area contributed by atoms with E-state index in [1.807, 2.05) is 13.8 Å². The molecule has 0 amide bonds. The lowest BCUT2D eigenvalue weighted by Gasteiger charge is -2.35. The second kappa shape index (κ2) is 7.49. The monoisotopic (exact) mass is 308 g/mol. The highest BCUT2D eigenvalue weighted by Gasteiger charge is 2.33. The molecule has 5 heteroatoms. The first-order valence-corrected chi connectivity index (χ1v) is 7.78. The van der Waals surface area contributed by atoms with E-state index >= 15 is 0 Å². The maximum atomic E-state index is 10.6. The molecule has 1 aliphatic rings. The summed E-state index contributed by atoms with van der Waals surface area (Å²) >= 11 is 0. The van der Waals surface area contributed by atoms with Gasteiger partial charge in [-0.1, -0.05) is 31.4 Å². The Kier molecular flexibility index (Phi) is 5.66. The van der Waals surface area contributed by atoms with E-state index in [2.05, 4.69) is 0 Å². The number of aliphatic carboxylic acids is 1. The molecular weight excluding hydrogens is 284 g/mol. The predicted molar refractivity (Wildman–Crippen MR) is 81.9 cm³/mol. The van der Waals surface area contributed by atoms with Crippen LogP contribution in [-0.2, 0) is 9.68 Å². The van der Waals surface area contributed by atoms with E-state index in [1.165, 1.54) is 19.3 Å². The number of ether oxygens (including phenoxy) is 1. The van der Waals surface area contributed by atoms with E-state index in [4.69, 9.17) is 19.6 Å². The number of carboxylic acid groups (broad SMARTS) is 1. The minimum atomic E-state index is -1.03. The molecule has 0 radical (unpaired) electrons. The normalized spacial score (nSPS) is 16.3. The van der Waals surface area contributed by atoms with Crippen LogP contribution in [0.5, 0.6) is 11.5 Å². The van der Waals surface area contributed by atoms with E-state index < -0.39 is 12.6 Å². The Morgan fingerprint density at radius 1 is 1.18 bits per heavy atom. The van der Waals surface area contributed by atoms with Crippen LogP contribution in [0.15, 0.2) is 24.3 Å². The summed E-state index contributed by atoms with van der Waals surface area (Å²) in [6.07, 6.45) is 6.05. The molecule has 1 saturated carbocycles. The van der Waals surface area contributed by atoms with Gasteiger partial charge in [-0.05, 0) is 44.7 Å². The van der Waals surface area contributed by atoms with Crippen LogP contribution in [0, 0.1) is 5.92 Å². The van der Waals surface area contributed by atoms with Crippen LogP contribution in [0.25, 0.3) is 0 Å². The molecule has 1 aromatic carbocycles. The standard InChI is InChI=1S/C17H24O5/c1-17(2,13-8-4-3-5-9-13)22-21-15-11-7-6-10-14(15)20-12-16(18)19/h6-7,10-11,13H,3-5,8-9,12H2,1-2H3,(H,18,19). The van der Waals surface area contributed by atoms with Crippen LogP contribution >= 0.6 is 0 Å². The molecular formula is C17H24O5. The summed E-state index contributed by atoms with van der Waals surface area (Å²) in [4.78, 5) is 21.8. The third-order valence-corrected chi connectivity index (χ3v) is 4.13. The average Bonchev–Trinajstić information content (AvgIpc) is 2.52. The molecule has 0 aliphatic heterocycles. The zero-order valence-corrected chi connectivity index (χ0v) is 13.2. The van der Waals surface area contributed by atoms with Gasteiger partial charge in [0.25, 0.3) is 0 Å². The summed E-state index contributed by atoms with van der Waals surface area (Å²) in [6.45, 7) is 3.65. The van der Waals surface area contributed by atoms with Crippen molar-refractivity contribution < 1.29 is 24.4 Å². The zero-order valence-electron chi connectivity index (χ0n) is 13.2. The van der Waals surface area contributed by atoms with Gasteiger partial charge in [-0.25, -0.2) is 4.79 Å². The van der Waals surface area contributed by atoms with E-state index in [1.54, 1.807) is 24.3 Å². The average molecular weight is 308 g/mol. The summed E-state index contributed by atoms with van der Waals surface area (Å²) < 4.78 is 5.20. The first-order chi connectivity index (χ1) is 10.5. The fourth-order valence-electron chi connectivity index (χ4n) is 2.80. The van der Waals surface area contributed by atoms with Gasteiger partial charge >= 0.3 is 5.97 Å². The van der Waals surface area contributed by atoms with Gasteiger partial charge < -0.3 is 14.7 Å². The Hall–Kier alpha value is -1.75. The highest BCUT2D eigenvalue weighted by atomic mass is 17.2. The highest BCUT2D eigenvalue weighted by molar-refractivity contribution is 5.68. The maximum absolute atomic E-state index is 10.6. The van der Waals surface area contributed by atoms with Crippen LogP contribution in [0.1, 0.15) is 46.0 Å². The number of carbonyl (C=O) groups is 1. The molecule has 0 bridgehead atoms. The fraction of sp³-hybridized carbons (Fsp3) is 0.588. The van der Waals surface area contributed by atoms with Crippen molar-refractivity contribution in [3.8, 4) is 11.5 Å². The van der Waals surface area contributed by atoms with Crippen molar-refractivity contribution in [2.24, 2.45) is 5.92 Å². The second-order valence-corrected chi connectivity index (χ2v) is 6.23. The Balaban J connectivity index is 1.96. The van der Waals surface area contributed by atoms with Crippen molar-refractivity contribution >= 4 is 5.97 Å². The van der Waals surface area contributed by atoms with Crippen LogP contribution in [-0.4, -0.2) is 23.3 Å². The van der Waals surface area contributed by atoms with E-state index in [-0.39, 0.29) is 5.60 Å². The largest absolute Gasteiger partial charge is 0.479 e. The lowest BCUT2D eigenvalue weighted by atomic mass is 9.79. The molecule has 2 rings (SSSR count). The van der Waals surface area contributed by atoms with Gasteiger partial charge in [0.05, 0.1) is 0 Å². The smallest absolute Gasteiger partial charge is 0.341 e. The van der Waals surface area contributed by atoms with Gasteiger partial charge in [0.15, 0.2) is 12.4 Å².